The van der Waals surface area contributed by atoms with E-state index in [0.29, 0.717) is 18.5 Å². The largest absolute Gasteiger partial charge is 0.385 e. The van der Waals surface area contributed by atoms with Crippen molar-refractivity contribution in [3.8, 4) is 5.75 Å². The van der Waals surface area contributed by atoms with Crippen LogP contribution in [0.15, 0.2) is 53.4 Å². The van der Waals surface area contributed by atoms with E-state index < -0.39 is 15.7 Å². The van der Waals surface area contributed by atoms with E-state index in [4.69, 9.17) is 4.18 Å². The van der Waals surface area contributed by atoms with Gasteiger partial charge in [0, 0.05) is 12.5 Å². The van der Waals surface area contributed by atoms with Crippen molar-refractivity contribution in [1.82, 2.24) is 4.90 Å². The Bertz CT molecular complexity index is 862. The molecule has 2 rings (SSSR count). The van der Waals surface area contributed by atoms with Crippen molar-refractivity contribution in [2.24, 2.45) is 5.92 Å². The molecule has 0 radical (unpaired) electrons. The molecule has 27 heavy (non-hydrogen) atoms. The lowest BCUT2D eigenvalue weighted by atomic mass is 9.80. The fraction of sp³-hybridized carbons (Fsp3) is 0.429. The minimum atomic E-state index is -3.93. The molecule has 0 saturated carbocycles. The third-order valence-corrected chi connectivity index (χ3v) is 6.10. The summed E-state index contributed by atoms with van der Waals surface area (Å²) < 4.78 is 30.4. The first-order valence-corrected chi connectivity index (χ1v) is 10.5. The van der Waals surface area contributed by atoms with E-state index >= 15 is 0 Å². The smallest absolute Gasteiger partial charge is 0.339 e. The lowest BCUT2D eigenvalue weighted by Crippen LogP contribution is -2.38. The van der Waals surface area contributed by atoms with Gasteiger partial charge in [-0.05, 0) is 57.3 Å². The highest BCUT2D eigenvalue weighted by Crippen LogP contribution is 2.35. The van der Waals surface area contributed by atoms with Crippen LogP contribution >= 0.6 is 0 Å². The average molecular weight is 392 g/mol. The van der Waals surface area contributed by atoms with E-state index in [9.17, 15) is 13.5 Å². The summed E-state index contributed by atoms with van der Waals surface area (Å²) >= 11 is 0. The normalized spacial score (nSPS) is 15.4. The third kappa shape index (κ3) is 5.09. The Morgan fingerprint density at radius 2 is 1.78 bits per heavy atom. The summed E-state index contributed by atoms with van der Waals surface area (Å²) in [6.07, 6.45) is 0.510. The summed E-state index contributed by atoms with van der Waals surface area (Å²) in [5.74, 6) is 0.151. The number of nitrogens with zero attached hydrogens (tertiary/aromatic N) is 1. The zero-order chi connectivity index (χ0) is 20.2. The van der Waals surface area contributed by atoms with Gasteiger partial charge in [0.2, 0.25) is 0 Å². The molecule has 0 saturated heterocycles. The van der Waals surface area contributed by atoms with E-state index in [1.165, 1.54) is 12.1 Å². The molecule has 0 aliphatic heterocycles. The number of aryl methyl sites for hydroxylation is 1. The van der Waals surface area contributed by atoms with Gasteiger partial charge in [0.05, 0.1) is 5.60 Å². The Hall–Kier alpha value is -1.89. The molecule has 2 unspecified atom stereocenters. The molecule has 0 aromatic heterocycles. The molecule has 148 valence electrons. The molecule has 6 heteroatoms. The minimum absolute atomic E-state index is 0.0403. The number of rotatable bonds is 8. The van der Waals surface area contributed by atoms with Gasteiger partial charge in [0.15, 0.2) is 0 Å². The van der Waals surface area contributed by atoms with Crippen molar-refractivity contribution < 1.29 is 17.7 Å². The Morgan fingerprint density at radius 1 is 1.15 bits per heavy atom. The molecule has 0 amide bonds. The Kier molecular flexibility index (Phi) is 6.68. The van der Waals surface area contributed by atoms with Gasteiger partial charge in [0.1, 0.15) is 10.6 Å². The second-order valence-electron chi connectivity index (χ2n) is 7.32. The molecule has 2 aromatic rings. The fourth-order valence-corrected chi connectivity index (χ4v) is 4.16. The first-order chi connectivity index (χ1) is 12.6. The number of hydrogen-bond acceptors (Lipinski definition) is 5. The van der Waals surface area contributed by atoms with Crippen LogP contribution in [0.1, 0.15) is 31.4 Å². The zero-order valence-corrected chi connectivity index (χ0v) is 17.5. The third-order valence-electron chi connectivity index (χ3n) is 4.84. The lowest BCUT2D eigenvalue weighted by molar-refractivity contribution is -0.0292. The van der Waals surface area contributed by atoms with E-state index in [1.807, 2.05) is 39.8 Å². The van der Waals surface area contributed by atoms with Gasteiger partial charge >= 0.3 is 10.1 Å². The van der Waals surface area contributed by atoms with Crippen molar-refractivity contribution in [3.63, 3.8) is 0 Å². The van der Waals surface area contributed by atoms with Crippen molar-refractivity contribution in [2.45, 2.75) is 37.7 Å². The van der Waals surface area contributed by atoms with Gasteiger partial charge in [-0.2, -0.15) is 8.42 Å². The average Bonchev–Trinajstić information content (AvgIpc) is 2.60. The fourth-order valence-electron chi connectivity index (χ4n) is 3.23. The van der Waals surface area contributed by atoms with Crippen LogP contribution in [0.3, 0.4) is 0 Å². The monoisotopic (exact) mass is 391 g/mol. The van der Waals surface area contributed by atoms with Gasteiger partial charge in [-0.15, -0.1) is 0 Å². The molecule has 2 aromatic carbocycles. The van der Waals surface area contributed by atoms with Gasteiger partial charge in [-0.25, -0.2) is 0 Å². The maximum absolute atomic E-state index is 12.5. The summed E-state index contributed by atoms with van der Waals surface area (Å²) in [7, 11) is -0.0110. The zero-order valence-electron chi connectivity index (χ0n) is 16.6. The maximum atomic E-state index is 12.5. The summed E-state index contributed by atoms with van der Waals surface area (Å²) in [6, 6.07) is 13.2. The van der Waals surface area contributed by atoms with Crippen LogP contribution < -0.4 is 4.18 Å². The van der Waals surface area contributed by atoms with Crippen LogP contribution in [-0.2, 0) is 15.7 Å². The van der Waals surface area contributed by atoms with Crippen LogP contribution in [0.2, 0.25) is 0 Å². The highest BCUT2D eigenvalue weighted by molar-refractivity contribution is 7.87. The molecule has 0 fully saturated rings. The summed E-state index contributed by atoms with van der Waals surface area (Å²) in [5, 5.41) is 11.2. The molecule has 1 N–H and O–H groups in total. The van der Waals surface area contributed by atoms with Gasteiger partial charge in [-0.3, -0.25) is 0 Å². The van der Waals surface area contributed by atoms with E-state index in [1.54, 1.807) is 36.4 Å². The molecular weight excluding hydrogens is 362 g/mol. The standard InChI is InChI=1S/C21H29NO4S/c1-6-21(23,17(3)15-22(4)5)18-8-7-9-19(14-18)26-27(24,25)20-12-10-16(2)11-13-20/h7-14,17,23H,6,15H2,1-5H3. The highest BCUT2D eigenvalue weighted by atomic mass is 32.2. The number of benzene rings is 2. The molecule has 0 bridgehead atoms. The van der Waals surface area contributed by atoms with Crippen LogP contribution in [0.5, 0.6) is 5.75 Å². The van der Waals surface area contributed by atoms with Crippen molar-refractivity contribution >= 4 is 10.1 Å². The predicted molar refractivity (Wildman–Crippen MR) is 107 cm³/mol. The molecule has 2 atom stereocenters. The Morgan fingerprint density at radius 3 is 2.33 bits per heavy atom. The first-order valence-electron chi connectivity index (χ1n) is 9.07. The van der Waals surface area contributed by atoms with Gasteiger partial charge in [-0.1, -0.05) is 43.7 Å². The molecular formula is C21H29NO4S. The van der Waals surface area contributed by atoms with Crippen LogP contribution in [0.4, 0.5) is 0 Å². The summed E-state index contributed by atoms with van der Waals surface area (Å²) in [6.45, 7) is 6.50. The van der Waals surface area contributed by atoms with Crippen molar-refractivity contribution in [2.75, 3.05) is 20.6 Å². The lowest BCUT2D eigenvalue weighted by Gasteiger charge is -2.35. The van der Waals surface area contributed by atoms with Crippen molar-refractivity contribution in [3.05, 3.63) is 59.7 Å². The molecule has 0 aliphatic rings. The van der Waals surface area contributed by atoms with Crippen molar-refractivity contribution in [1.29, 1.82) is 0 Å². The van der Waals surface area contributed by atoms with Gasteiger partial charge in [0.25, 0.3) is 0 Å². The second kappa shape index (κ2) is 8.42. The number of hydrogen-bond donors (Lipinski definition) is 1. The van der Waals surface area contributed by atoms with Gasteiger partial charge < -0.3 is 14.2 Å². The predicted octanol–water partition coefficient (Wildman–Crippen LogP) is 3.56. The Labute approximate surface area is 162 Å². The van der Waals surface area contributed by atoms with E-state index in [0.717, 1.165) is 5.56 Å². The van der Waals surface area contributed by atoms with E-state index in [2.05, 4.69) is 0 Å². The topological polar surface area (TPSA) is 66.8 Å². The summed E-state index contributed by atoms with van der Waals surface area (Å²) in [5.41, 5.74) is 0.548. The SMILES string of the molecule is CCC(O)(c1cccc(OS(=O)(=O)c2ccc(C)cc2)c1)C(C)CN(C)C. The number of aliphatic hydroxyl groups is 1. The molecule has 0 heterocycles. The van der Waals surface area contributed by atoms with Crippen LogP contribution in [0.25, 0.3) is 0 Å². The van der Waals surface area contributed by atoms with Crippen LogP contribution in [0, 0.1) is 12.8 Å². The Balaban J connectivity index is 2.32. The highest BCUT2D eigenvalue weighted by Gasteiger charge is 2.34. The maximum Gasteiger partial charge on any atom is 0.339 e. The molecule has 0 spiro atoms. The minimum Gasteiger partial charge on any atom is -0.385 e. The quantitative estimate of drug-likeness (QED) is 0.697. The first kappa shape index (κ1) is 21.4. The molecule has 5 nitrogen and oxygen atoms in total. The second-order valence-corrected chi connectivity index (χ2v) is 8.87. The molecule has 0 aliphatic carbocycles. The summed E-state index contributed by atoms with van der Waals surface area (Å²) in [4.78, 5) is 2.12. The van der Waals surface area contributed by atoms with E-state index in [-0.39, 0.29) is 16.6 Å². The van der Waals surface area contributed by atoms with Crippen LogP contribution in [-0.4, -0.2) is 39.1 Å².